The molecule has 0 aliphatic carbocycles. The van der Waals surface area contributed by atoms with Gasteiger partial charge in [0.2, 0.25) is 5.95 Å². The SMILES string of the molecule is CC1=NOC(C)C1c1ccc2nc(N(C)C)n3c2c1OCC3c1ccccc1. The van der Waals surface area contributed by atoms with E-state index in [-0.39, 0.29) is 18.1 Å². The van der Waals surface area contributed by atoms with E-state index >= 15 is 0 Å². The van der Waals surface area contributed by atoms with E-state index in [0.717, 1.165) is 34.0 Å². The van der Waals surface area contributed by atoms with Crippen LogP contribution in [0.1, 0.15) is 36.9 Å². The Kier molecular flexibility index (Phi) is 3.82. The minimum absolute atomic E-state index is 0.00571. The summed E-state index contributed by atoms with van der Waals surface area (Å²) in [6.07, 6.45) is -0.00571. The van der Waals surface area contributed by atoms with Crippen LogP contribution in [0.3, 0.4) is 0 Å². The van der Waals surface area contributed by atoms with Crippen molar-refractivity contribution in [3.8, 4) is 5.75 Å². The van der Waals surface area contributed by atoms with Crippen molar-refractivity contribution in [2.75, 3.05) is 25.6 Å². The molecule has 6 nitrogen and oxygen atoms in total. The van der Waals surface area contributed by atoms with Gasteiger partial charge in [0.05, 0.1) is 23.2 Å². The van der Waals surface area contributed by atoms with Gasteiger partial charge in [0.1, 0.15) is 24.0 Å². The number of hydrogen-bond donors (Lipinski definition) is 0. The first-order valence-corrected chi connectivity index (χ1v) is 9.66. The van der Waals surface area contributed by atoms with E-state index in [9.17, 15) is 0 Å². The fraction of sp³-hybridized carbons (Fsp3) is 0.364. The zero-order chi connectivity index (χ0) is 19.4. The summed E-state index contributed by atoms with van der Waals surface area (Å²) >= 11 is 0. The first-order chi connectivity index (χ1) is 13.6. The van der Waals surface area contributed by atoms with Crippen molar-refractivity contribution < 1.29 is 9.57 Å². The van der Waals surface area contributed by atoms with Crippen molar-refractivity contribution in [3.05, 3.63) is 53.6 Å². The Hall–Kier alpha value is -3.02. The van der Waals surface area contributed by atoms with Gasteiger partial charge in [0.15, 0.2) is 0 Å². The molecule has 0 amide bonds. The van der Waals surface area contributed by atoms with E-state index in [1.54, 1.807) is 0 Å². The van der Waals surface area contributed by atoms with Gasteiger partial charge < -0.3 is 14.5 Å². The second-order valence-corrected chi connectivity index (χ2v) is 7.79. The number of benzene rings is 2. The topological polar surface area (TPSA) is 51.9 Å². The maximum Gasteiger partial charge on any atom is 0.206 e. The van der Waals surface area contributed by atoms with Gasteiger partial charge in [0, 0.05) is 19.7 Å². The predicted octanol–water partition coefficient (Wildman–Crippen LogP) is 3.96. The minimum atomic E-state index is -0.00571. The molecule has 0 fully saturated rings. The van der Waals surface area contributed by atoms with Crippen LogP contribution in [-0.2, 0) is 4.84 Å². The van der Waals surface area contributed by atoms with Gasteiger partial charge in [-0.2, -0.15) is 0 Å². The third-order valence-corrected chi connectivity index (χ3v) is 5.72. The molecule has 5 rings (SSSR count). The highest BCUT2D eigenvalue weighted by atomic mass is 16.6. The number of anilines is 1. The van der Waals surface area contributed by atoms with E-state index in [0.29, 0.717) is 6.61 Å². The average Bonchev–Trinajstić information content (AvgIpc) is 3.25. The monoisotopic (exact) mass is 376 g/mol. The standard InChI is InChI=1S/C22H24N4O2/c1-13-19(14(2)28-24-13)16-10-11-17-20-21(16)27-12-18(15-8-6-5-7-9-15)26(20)22(23-17)25(3)4/h5-11,14,18-19H,12H2,1-4H3. The average molecular weight is 376 g/mol. The maximum absolute atomic E-state index is 6.41. The van der Waals surface area contributed by atoms with Crippen molar-refractivity contribution in [2.45, 2.75) is 31.9 Å². The van der Waals surface area contributed by atoms with Gasteiger partial charge in [0.25, 0.3) is 0 Å². The molecule has 144 valence electrons. The smallest absolute Gasteiger partial charge is 0.206 e. The molecule has 6 heteroatoms. The van der Waals surface area contributed by atoms with Crippen LogP contribution in [0.25, 0.3) is 11.0 Å². The number of imidazole rings is 1. The highest BCUT2D eigenvalue weighted by Crippen LogP contribution is 2.45. The zero-order valence-corrected chi connectivity index (χ0v) is 16.6. The van der Waals surface area contributed by atoms with Crippen LogP contribution >= 0.6 is 0 Å². The second kappa shape index (κ2) is 6.26. The predicted molar refractivity (Wildman–Crippen MR) is 111 cm³/mol. The van der Waals surface area contributed by atoms with Crippen LogP contribution in [0.15, 0.2) is 47.6 Å². The van der Waals surface area contributed by atoms with Gasteiger partial charge in [-0.25, -0.2) is 4.98 Å². The first kappa shape index (κ1) is 17.1. The number of nitrogens with zero attached hydrogens (tertiary/aromatic N) is 4. The molecular weight excluding hydrogens is 352 g/mol. The van der Waals surface area contributed by atoms with Crippen LogP contribution in [0, 0.1) is 0 Å². The van der Waals surface area contributed by atoms with E-state index in [1.165, 1.54) is 5.56 Å². The molecule has 28 heavy (non-hydrogen) atoms. The van der Waals surface area contributed by atoms with Gasteiger partial charge in [-0.3, -0.25) is 4.57 Å². The molecule has 2 aliphatic heterocycles. The summed E-state index contributed by atoms with van der Waals surface area (Å²) in [5, 5.41) is 4.20. The largest absolute Gasteiger partial charge is 0.488 e. The third-order valence-electron chi connectivity index (χ3n) is 5.72. The first-order valence-electron chi connectivity index (χ1n) is 9.66. The molecular formula is C22H24N4O2. The summed E-state index contributed by atoms with van der Waals surface area (Å²) < 4.78 is 8.73. The molecule has 3 unspecified atom stereocenters. The van der Waals surface area contributed by atoms with E-state index in [4.69, 9.17) is 14.6 Å². The number of oxime groups is 1. The van der Waals surface area contributed by atoms with Crippen molar-refractivity contribution >= 4 is 22.7 Å². The summed E-state index contributed by atoms with van der Waals surface area (Å²) in [4.78, 5) is 12.5. The normalized spacial score (nSPS) is 23.3. The molecule has 0 bridgehead atoms. The Morgan fingerprint density at radius 3 is 2.57 bits per heavy atom. The highest BCUT2D eigenvalue weighted by molar-refractivity contribution is 5.94. The van der Waals surface area contributed by atoms with Gasteiger partial charge in [-0.1, -0.05) is 41.6 Å². The van der Waals surface area contributed by atoms with Crippen molar-refractivity contribution in [1.82, 2.24) is 9.55 Å². The lowest BCUT2D eigenvalue weighted by molar-refractivity contribution is 0.0897. The van der Waals surface area contributed by atoms with Crippen molar-refractivity contribution in [1.29, 1.82) is 0 Å². The number of rotatable bonds is 3. The molecule has 2 aliphatic rings. The van der Waals surface area contributed by atoms with Gasteiger partial charge in [-0.15, -0.1) is 0 Å². The highest BCUT2D eigenvalue weighted by Gasteiger charge is 2.36. The Morgan fingerprint density at radius 1 is 1.11 bits per heavy atom. The Balaban J connectivity index is 1.76. The van der Waals surface area contributed by atoms with Crippen molar-refractivity contribution in [3.63, 3.8) is 0 Å². The maximum atomic E-state index is 6.41. The Bertz CT molecular complexity index is 1070. The van der Waals surface area contributed by atoms with E-state index in [2.05, 4.69) is 57.9 Å². The zero-order valence-electron chi connectivity index (χ0n) is 16.6. The molecule has 3 heterocycles. The molecule has 0 saturated carbocycles. The lowest BCUT2D eigenvalue weighted by Gasteiger charge is -2.31. The summed E-state index contributed by atoms with van der Waals surface area (Å²) in [6.45, 7) is 4.64. The molecule has 0 spiro atoms. The fourth-order valence-corrected chi connectivity index (χ4v) is 4.43. The number of ether oxygens (including phenoxy) is 1. The molecule has 0 radical (unpaired) electrons. The minimum Gasteiger partial charge on any atom is -0.488 e. The summed E-state index contributed by atoms with van der Waals surface area (Å²) in [7, 11) is 4.07. The lowest BCUT2D eigenvalue weighted by Crippen LogP contribution is -2.28. The second-order valence-electron chi connectivity index (χ2n) is 7.79. The molecule has 1 aromatic heterocycles. The van der Waals surface area contributed by atoms with E-state index < -0.39 is 0 Å². The van der Waals surface area contributed by atoms with Crippen molar-refractivity contribution in [2.24, 2.45) is 5.16 Å². The van der Waals surface area contributed by atoms with Crippen LogP contribution in [0.5, 0.6) is 5.75 Å². The number of hydrogen-bond acceptors (Lipinski definition) is 5. The van der Waals surface area contributed by atoms with Gasteiger partial charge >= 0.3 is 0 Å². The molecule has 0 saturated heterocycles. The summed E-state index contributed by atoms with van der Waals surface area (Å²) in [6, 6.07) is 14.8. The fourth-order valence-electron chi connectivity index (χ4n) is 4.43. The third kappa shape index (κ3) is 2.40. The van der Waals surface area contributed by atoms with Crippen LogP contribution in [-0.4, -0.2) is 42.1 Å². The molecule has 3 aromatic rings. The number of aromatic nitrogens is 2. The Morgan fingerprint density at radius 2 is 1.89 bits per heavy atom. The summed E-state index contributed by atoms with van der Waals surface area (Å²) in [5.41, 5.74) is 5.32. The van der Waals surface area contributed by atoms with Crippen LogP contribution in [0.2, 0.25) is 0 Å². The van der Waals surface area contributed by atoms with Crippen LogP contribution < -0.4 is 9.64 Å². The van der Waals surface area contributed by atoms with E-state index in [1.807, 2.05) is 27.1 Å². The molecule has 2 aromatic carbocycles. The van der Waals surface area contributed by atoms with Gasteiger partial charge in [-0.05, 0) is 25.5 Å². The lowest BCUT2D eigenvalue weighted by atomic mass is 9.89. The molecule has 3 atom stereocenters. The quantitative estimate of drug-likeness (QED) is 0.694. The Labute approximate surface area is 164 Å². The molecule has 0 N–H and O–H groups in total. The van der Waals surface area contributed by atoms with Crippen LogP contribution in [0.4, 0.5) is 5.95 Å². The summed E-state index contributed by atoms with van der Waals surface area (Å²) in [5.74, 6) is 1.94.